The highest BCUT2D eigenvalue weighted by atomic mass is 16.5. The predicted octanol–water partition coefficient (Wildman–Crippen LogP) is 2.43. The molecule has 188 valence electrons. The summed E-state index contributed by atoms with van der Waals surface area (Å²) in [5, 5.41) is 15.5. The number of piperazine rings is 1. The summed E-state index contributed by atoms with van der Waals surface area (Å²) in [6.07, 6.45) is 0.802. The van der Waals surface area contributed by atoms with Crippen LogP contribution < -0.4 is 10.6 Å². The number of hydrogen-bond acceptors (Lipinski definition) is 5. The van der Waals surface area contributed by atoms with Crippen LogP contribution in [0.25, 0.3) is 0 Å². The maximum atomic E-state index is 12.2. The van der Waals surface area contributed by atoms with Gasteiger partial charge in [-0.05, 0) is 43.2 Å². The minimum absolute atomic E-state index is 0.0273. The Morgan fingerprint density at radius 1 is 1.03 bits per heavy atom. The van der Waals surface area contributed by atoms with Gasteiger partial charge in [0.05, 0.1) is 18.7 Å². The van der Waals surface area contributed by atoms with E-state index >= 15 is 0 Å². The van der Waals surface area contributed by atoms with Crippen molar-refractivity contribution in [3.05, 3.63) is 65.2 Å². The number of carbonyl (C=O) groups excluding carboxylic acids is 1. The number of nitrogens with one attached hydrogen (secondary N) is 2. The van der Waals surface area contributed by atoms with Gasteiger partial charge in [0.25, 0.3) is 0 Å². The number of benzene rings is 2. The molecule has 2 aromatic carbocycles. The first kappa shape index (κ1) is 26.2. The average Bonchev–Trinajstić information content (AvgIpc) is 2.86. The molecule has 3 rings (SSSR count). The summed E-state index contributed by atoms with van der Waals surface area (Å²) < 4.78 is 5.01. The van der Waals surface area contributed by atoms with E-state index in [1.165, 1.54) is 5.56 Å². The number of methoxy groups -OCH3 is 1. The predicted molar refractivity (Wildman–Crippen MR) is 137 cm³/mol. The number of nitrogens with zero attached hydrogens (tertiary/aromatic N) is 3. The van der Waals surface area contributed by atoms with Gasteiger partial charge in [0.2, 0.25) is 5.91 Å². The third-order valence-corrected chi connectivity index (χ3v) is 5.81. The lowest BCUT2D eigenvalue weighted by Gasteiger charge is -2.36. The Morgan fingerprint density at radius 3 is 2.34 bits per heavy atom. The molecule has 0 unspecified atom stereocenters. The van der Waals surface area contributed by atoms with Gasteiger partial charge in [-0.25, -0.2) is 9.79 Å². The summed E-state index contributed by atoms with van der Waals surface area (Å²) in [5.41, 5.74) is 3.33. The molecule has 9 nitrogen and oxygen atoms in total. The normalized spacial score (nSPS) is 14.6. The van der Waals surface area contributed by atoms with Crippen molar-refractivity contribution in [1.29, 1.82) is 0 Å². The maximum Gasteiger partial charge on any atom is 0.335 e. The number of amides is 1. The number of guanidine groups is 1. The van der Waals surface area contributed by atoms with E-state index in [4.69, 9.17) is 14.8 Å². The fourth-order valence-corrected chi connectivity index (χ4v) is 3.72. The molecule has 0 spiro atoms. The summed E-state index contributed by atoms with van der Waals surface area (Å²) in [5.74, 6) is -0.194. The Bertz CT molecular complexity index is 984. The number of aryl methyl sites for hydroxylation is 1. The molecule has 1 aliphatic rings. The Kier molecular flexibility index (Phi) is 10.1. The number of hydrogen-bond donors (Lipinski definition) is 3. The van der Waals surface area contributed by atoms with E-state index in [1.54, 1.807) is 31.4 Å². The van der Waals surface area contributed by atoms with E-state index in [1.807, 2.05) is 0 Å². The van der Waals surface area contributed by atoms with Crippen LogP contribution in [0, 0.1) is 6.92 Å². The van der Waals surface area contributed by atoms with Gasteiger partial charge in [-0.3, -0.25) is 9.69 Å². The van der Waals surface area contributed by atoms with Crippen molar-refractivity contribution in [2.24, 2.45) is 4.99 Å². The second kappa shape index (κ2) is 13.5. The van der Waals surface area contributed by atoms with Crippen molar-refractivity contribution in [2.45, 2.75) is 19.9 Å². The van der Waals surface area contributed by atoms with Crippen molar-refractivity contribution in [1.82, 2.24) is 15.1 Å². The molecule has 0 radical (unpaired) electrons. The second-order valence-electron chi connectivity index (χ2n) is 8.59. The highest BCUT2D eigenvalue weighted by molar-refractivity contribution is 5.94. The zero-order valence-corrected chi connectivity index (χ0v) is 20.5. The van der Waals surface area contributed by atoms with Gasteiger partial charge in [0.15, 0.2) is 5.96 Å². The zero-order valence-electron chi connectivity index (χ0n) is 20.5. The Balaban J connectivity index is 1.61. The molecule has 9 heteroatoms. The summed E-state index contributed by atoms with van der Waals surface area (Å²) in [4.78, 5) is 32.5. The fourth-order valence-electron chi connectivity index (χ4n) is 3.72. The summed E-state index contributed by atoms with van der Waals surface area (Å²) in [6.45, 7) is 7.15. The first-order valence-corrected chi connectivity index (χ1v) is 11.9. The number of carboxylic acids is 1. The van der Waals surface area contributed by atoms with Crippen LogP contribution in [0.4, 0.5) is 5.69 Å². The van der Waals surface area contributed by atoms with Crippen molar-refractivity contribution in [3.8, 4) is 0 Å². The third-order valence-electron chi connectivity index (χ3n) is 5.81. The smallest absolute Gasteiger partial charge is 0.335 e. The first-order chi connectivity index (χ1) is 16.9. The number of rotatable bonds is 10. The molecule has 1 heterocycles. The lowest BCUT2D eigenvalue weighted by molar-refractivity contribution is -0.122. The molecule has 0 saturated carbocycles. The number of aliphatic imine (C=N–C) groups is 1. The molecule has 0 aliphatic carbocycles. The van der Waals surface area contributed by atoms with Crippen LogP contribution in [0.15, 0.2) is 53.5 Å². The van der Waals surface area contributed by atoms with Crippen molar-refractivity contribution in [2.75, 3.05) is 58.3 Å². The van der Waals surface area contributed by atoms with Gasteiger partial charge in [0, 0.05) is 52.1 Å². The molecule has 1 amide bonds. The lowest BCUT2D eigenvalue weighted by Crippen LogP contribution is -2.52. The summed E-state index contributed by atoms with van der Waals surface area (Å²) in [7, 11) is 1.65. The second-order valence-corrected chi connectivity index (χ2v) is 8.59. The summed E-state index contributed by atoms with van der Waals surface area (Å²) >= 11 is 0. The van der Waals surface area contributed by atoms with E-state index in [9.17, 15) is 9.59 Å². The molecule has 1 saturated heterocycles. The minimum Gasteiger partial charge on any atom is -0.478 e. The highest BCUT2D eigenvalue weighted by Gasteiger charge is 2.21. The topological polar surface area (TPSA) is 107 Å². The van der Waals surface area contributed by atoms with Crippen LogP contribution in [-0.4, -0.2) is 85.7 Å². The monoisotopic (exact) mass is 481 g/mol. The lowest BCUT2D eigenvalue weighted by atomic mass is 10.1. The first-order valence-electron chi connectivity index (χ1n) is 11.9. The minimum atomic E-state index is -0.955. The van der Waals surface area contributed by atoms with Gasteiger partial charge in [0.1, 0.15) is 0 Å². The van der Waals surface area contributed by atoms with Gasteiger partial charge in [-0.1, -0.05) is 29.8 Å². The van der Waals surface area contributed by atoms with Gasteiger partial charge in [-0.2, -0.15) is 0 Å². The molecule has 1 aliphatic heterocycles. The van der Waals surface area contributed by atoms with Crippen LogP contribution in [-0.2, 0) is 16.1 Å². The number of ether oxygens (including phenoxy) is 1. The molecular formula is C26H35N5O4. The molecule has 2 aromatic rings. The van der Waals surface area contributed by atoms with Crippen LogP contribution in [0.3, 0.4) is 0 Å². The van der Waals surface area contributed by atoms with Crippen molar-refractivity contribution < 1.29 is 19.4 Å². The van der Waals surface area contributed by atoms with Gasteiger partial charge in [-0.15, -0.1) is 0 Å². The van der Waals surface area contributed by atoms with E-state index in [0.717, 1.165) is 49.8 Å². The van der Waals surface area contributed by atoms with Crippen LogP contribution >= 0.6 is 0 Å². The standard InChI is InChI=1S/C26H35N5O4/c1-20-4-6-21(7-5-20)18-28-26(29-23-10-8-22(9-11-23)25(33)34)31-15-13-30(14-16-31)19-24(32)27-12-3-17-35-2/h4-11H,3,12-19H2,1-2H3,(H,27,32)(H,28,29)(H,33,34). The van der Waals surface area contributed by atoms with Crippen LogP contribution in [0.5, 0.6) is 0 Å². The molecular weight excluding hydrogens is 446 g/mol. The largest absolute Gasteiger partial charge is 0.478 e. The molecule has 1 fully saturated rings. The fraction of sp³-hybridized carbons (Fsp3) is 0.423. The molecule has 0 atom stereocenters. The number of aromatic carboxylic acids is 1. The Labute approximate surface area is 206 Å². The molecule has 0 aromatic heterocycles. The molecule has 3 N–H and O–H groups in total. The number of anilines is 1. The van der Waals surface area contributed by atoms with Crippen LogP contribution in [0.1, 0.15) is 27.9 Å². The number of carboxylic acid groups (broad SMARTS) is 1. The Morgan fingerprint density at radius 2 is 1.71 bits per heavy atom. The van der Waals surface area contributed by atoms with E-state index in [0.29, 0.717) is 26.2 Å². The number of carbonyl (C=O) groups is 2. The highest BCUT2D eigenvalue weighted by Crippen LogP contribution is 2.13. The molecule has 35 heavy (non-hydrogen) atoms. The maximum absolute atomic E-state index is 12.2. The SMILES string of the molecule is COCCCNC(=O)CN1CCN(C(=NCc2ccc(C)cc2)Nc2ccc(C(=O)O)cc2)CC1. The molecule has 0 bridgehead atoms. The van der Waals surface area contributed by atoms with Crippen molar-refractivity contribution in [3.63, 3.8) is 0 Å². The Hall–Kier alpha value is -3.43. The van der Waals surface area contributed by atoms with Gasteiger partial charge < -0.3 is 25.4 Å². The van der Waals surface area contributed by atoms with E-state index in [-0.39, 0.29) is 11.5 Å². The van der Waals surface area contributed by atoms with Crippen LogP contribution in [0.2, 0.25) is 0 Å². The van der Waals surface area contributed by atoms with E-state index in [2.05, 4.69) is 51.6 Å². The quantitative estimate of drug-likeness (QED) is 0.272. The van der Waals surface area contributed by atoms with Crippen molar-refractivity contribution >= 4 is 23.5 Å². The zero-order chi connectivity index (χ0) is 25.0. The van der Waals surface area contributed by atoms with E-state index < -0.39 is 5.97 Å². The van der Waals surface area contributed by atoms with Gasteiger partial charge >= 0.3 is 5.97 Å². The average molecular weight is 482 g/mol. The summed E-state index contributed by atoms with van der Waals surface area (Å²) in [6, 6.07) is 14.9. The third kappa shape index (κ3) is 8.70.